The fourth-order valence-corrected chi connectivity index (χ4v) is 9.78. The molecule has 9 rings (SSSR count). The van der Waals surface area contributed by atoms with Gasteiger partial charge in [-0.3, -0.25) is 10.2 Å². The molecule has 2 saturated heterocycles. The van der Waals surface area contributed by atoms with Crippen molar-refractivity contribution in [2.24, 2.45) is 0 Å². The van der Waals surface area contributed by atoms with Crippen LogP contribution >= 0.6 is 11.6 Å². The van der Waals surface area contributed by atoms with Crippen molar-refractivity contribution in [2.75, 3.05) is 62.2 Å². The number of aryl methyl sites for hydroxylation is 1. The summed E-state index contributed by atoms with van der Waals surface area (Å²) >= 11 is 7.15. The van der Waals surface area contributed by atoms with Crippen LogP contribution in [0.3, 0.4) is 0 Å². The van der Waals surface area contributed by atoms with E-state index in [-0.39, 0.29) is 79.6 Å². The lowest BCUT2D eigenvalue weighted by Gasteiger charge is -2.37. The highest BCUT2D eigenvalue weighted by Gasteiger charge is 2.47. The number of nitrogens with one attached hydrogen (secondary N) is 1. The highest BCUT2D eigenvalue weighted by molar-refractivity contribution is 6.36. The molecule has 71 heavy (non-hydrogen) atoms. The van der Waals surface area contributed by atoms with Gasteiger partial charge in [0.2, 0.25) is 0 Å². The molecule has 3 aromatic heterocycles. The molecule has 374 valence electrons. The Hall–Kier alpha value is -6.84. The minimum atomic E-state index is -5.08. The van der Waals surface area contributed by atoms with E-state index in [4.69, 9.17) is 40.3 Å². The molecule has 0 radical (unpaired) electrons. The molecular formula is C49H47ClF6N8O7. The number of halogens is 7. The lowest BCUT2D eigenvalue weighted by atomic mass is 9.98. The molecule has 3 aliphatic heterocycles. The first-order valence-corrected chi connectivity index (χ1v) is 22.9. The summed E-state index contributed by atoms with van der Waals surface area (Å²) in [4.78, 5) is 34.8. The van der Waals surface area contributed by atoms with Gasteiger partial charge in [-0.1, -0.05) is 41.9 Å². The third kappa shape index (κ3) is 10.1. The molecule has 6 aromatic rings. The van der Waals surface area contributed by atoms with Gasteiger partial charge in [0.25, 0.3) is 0 Å². The number of ether oxygens (including phenoxy) is 5. The first-order chi connectivity index (χ1) is 33.9. The minimum absolute atomic E-state index is 0.00439. The molecule has 0 spiro atoms. The van der Waals surface area contributed by atoms with E-state index in [1.807, 2.05) is 24.3 Å². The monoisotopic (exact) mass is 1010 g/mol. The molecule has 1 amide bonds. The van der Waals surface area contributed by atoms with Crippen LogP contribution in [0.25, 0.3) is 22.2 Å². The predicted molar refractivity (Wildman–Crippen MR) is 250 cm³/mol. The van der Waals surface area contributed by atoms with Crippen LogP contribution in [0.1, 0.15) is 53.6 Å². The summed E-state index contributed by atoms with van der Waals surface area (Å²) in [5, 5.41) is 11.3. The number of pyridine rings is 2. The van der Waals surface area contributed by atoms with E-state index < -0.39 is 76.2 Å². The van der Waals surface area contributed by atoms with Crippen molar-refractivity contribution in [2.45, 2.75) is 70.2 Å². The number of alkyl halides is 5. The van der Waals surface area contributed by atoms with E-state index in [0.717, 1.165) is 11.1 Å². The minimum Gasteiger partial charge on any atom is -0.497 e. The summed E-state index contributed by atoms with van der Waals surface area (Å²) < 4.78 is 121. The Morgan fingerprint density at radius 1 is 1.01 bits per heavy atom. The average Bonchev–Trinajstić information content (AvgIpc) is 3.62. The molecule has 6 heterocycles. The topological polar surface area (TPSA) is 157 Å². The van der Waals surface area contributed by atoms with Crippen LogP contribution in [0, 0.1) is 12.7 Å². The number of amides is 1. The van der Waals surface area contributed by atoms with Crippen LogP contribution in [-0.4, -0.2) is 101 Å². The lowest BCUT2D eigenvalue weighted by molar-refractivity contribution is -0.281. The van der Waals surface area contributed by atoms with Crippen molar-refractivity contribution in [3.05, 3.63) is 112 Å². The number of methoxy groups -OCH3 is 2. The quantitative estimate of drug-likeness (QED) is 0.0994. The molecule has 0 saturated carbocycles. The number of aromatic nitrogens is 4. The van der Waals surface area contributed by atoms with Crippen molar-refractivity contribution < 1.29 is 59.9 Å². The molecule has 2 N–H and O–H groups in total. The Kier molecular flexibility index (Phi) is 13.7. The third-order valence-corrected chi connectivity index (χ3v) is 13.3. The Morgan fingerprint density at radius 3 is 2.32 bits per heavy atom. The number of morpholine rings is 1. The van der Waals surface area contributed by atoms with Crippen LogP contribution in [0.4, 0.5) is 48.6 Å². The zero-order valence-corrected chi connectivity index (χ0v) is 39.5. The number of hydrogen-bond acceptors (Lipinski definition) is 13. The average molecular weight is 1010 g/mol. The summed E-state index contributed by atoms with van der Waals surface area (Å²) in [7, 11) is 3.05. The number of fused-ring (bicyclic) bond motifs is 1. The van der Waals surface area contributed by atoms with Crippen molar-refractivity contribution in [1.82, 2.24) is 24.8 Å². The SMILES string of the molecule is COc1ccc(CN(Cc2ccc(OC)cc2)c2cc(C)c(C(F)(F)F)c(-c3c(Cl)c4c5c(nc(OC[C@@H]6CC[C@H]7COC(F)(F)CN67)nc5c3F)N([C@H](C)c3cccnc3NC(=O)O)CCO4)n2)cc1. The number of carbonyl (C=O) groups is 1. The fraction of sp³-hybridized carbons (Fsp3) is 0.367. The molecule has 3 aromatic carbocycles. The molecular weight excluding hydrogens is 962 g/mol. The van der Waals surface area contributed by atoms with Crippen LogP contribution in [0.15, 0.2) is 72.9 Å². The van der Waals surface area contributed by atoms with Crippen LogP contribution in [0.5, 0.6) is 23.3 Å². The van der Waals surface area contributed by atoms with Crippen molar-refractivity contribution in [1.29, 1.82) is 0 Å². The van der Waals surface area contributed by atoms with E-state index in [0.29, 0.717) is 29.9 Å². The Balaban J connectivity index is 1.22. The lowest BCUT2D eigenvalue weighted by Crippen LogP contribution is -2.53. The van der Waals surface area contributed by atoms with Gasteiger partial charge in [0.05, 0.1) is 67.2 Å². The van der Waals surface area contributed by atoms with Gasteiger partial charge in [-0.05, 0) is 79.8 Å². The molecule has 3 atom stereocenters. The summed E-state index contributed by atoms with van der Waals surface area (Å²) in [6, 6.07) is 16.7. The van der Waals surface area contributed by atoms with E-state index in [1.54, 1.807) is 58.0 Å². The molecule has 0 bridgehead atoms. The van der Waals surface area contributed by atoms with Crippen molar-refractivity contribution in [3.63, 3.8) is 0 Å². The fourth-order valence-electron chi connectivity index (χ4n) is 9.46. The summed E-state index contributed by atoms with van der Waals surface area (Å²) in [6.07, 6.45) is -7.47. The summed E-state index contributed by atoms with van der Waals surface area (Å²) in [5.74, 6) is -0.352. The van der Waals surface area contributed by atoms with E-state index in [1.165, 1.54) is 33.4 Å². The first kappa shape index (κ1) is 49.2. The van der Waals surface area contributed by atoms with E-state index >= 15 is 17.6 Å². The van der Waals surface area contributed by atoms with Crippen LogP contribution in [-0.2, 0) is 24.0 Å². The normalized spacial score (nSPS) is 18.0. The Morgan fingerprint density at radius 2 is 1.69 bits per heavy atom. The maximum Gasteiger partial charge on any atom is 0.418 e. The number of carboxylic acid groups (broad SMARTS) is 1. The zero-order valence-electron chi connectivity index (χ0n) is 38.7. The molecule has 0 unspecified atom stereocenters. The molecule has 22 heteroatoms. The molecule has 3 aliphatic rings. The summed E-state index contributed by atoms with van der Waals surface area (Å²) in [6.45, 7) is 1.99. The maximum absolute atomic E-state index is 18.1. The number of benzene rings is 3. The molecule has 2 fully saturated rings. The van der Waals surface area contributed by atoms with Gasteiger partial charge in [-0.25, -0.2) is 19.2 Å². The van der Waals surface area contributed by atoms with Crippen molar-refractivity contribution >= 4 is 46.1 Å². The van der Waals surface area contributed by atoms with Gasteiger partial charge >= 0.3 is 24.4 Å². The number of hydrogen-bond donors (Lipinski definition) is 2. The standard InChI is InChI=1S/C49H47ClF6N8O7/c1-26-20-35(62(21-28-7-13-32(67-3)14-8-28)22-29-9-15-33(68-4)16-10-29)58-41(38(26)49(54,55)56)36-39(50)43-37-42(40(36)51)59-46(70-23-30-11-12-31-24-71-48(52,53)25-64(30)31)61-45(37)63(18-19-69-43)27(2)34-6-5-17-57-44(34)60-47(65)66/h5-10,13-17,20,27,30-31H,11-12,18-19,21-25H2,1-4H3,(H,57,60)(H,65,66)/t27-,30+,31+/m1/s1. The Bertz CT molecular complexity index is 2910. The second kappa shape index (κ2) is 19.7. The first-order valence-electron chi connectivity index (χ1n) is 22.5. The van der Waals surface area contributed by atoms with Gasteiger partial charge in [-0.2, -0.15) is 31.9 Å². The smallest absolute Gasteiger partial charge is 0.418 e. The van der Waals surface area contributed by atoms with Crippen LogP contribution < -0.4 is 34.1 Å². The highest BCUT2D eigenvalue weighted by Crippen LogP contribution is 2.51. The van der Waals surface area contributed by atoms with Crippen LogP contribution in [0.2, 0.25) is 5.02 Å². The molecule has 0 aliphatic carbocycles. The van der Waals surface area contributed by atoms with Gasteiger partial charge in [-0.15, -0.1) is 0 Å². The van der Waals surface area contributed by atoms with E-state index in [9.17, 15) is 18.7 Å². The van der Waals surface area contributed by atoms with E-state index in [2.05, 4.69) is 20.3 Å². The third-order valence-electron chi connectivity index (χ3n) is 12.9. The van der Waals surface area contributed by atoms with Crippen molar-refractivity contribution in [3.8, 4) is 34.5 Å². The highest BCUT2D eigenvalue weighted by atomic mass is 35.5. The number of nitrogens with zero attached hydrogens (tertiary/aromatic N) is 7. The second-order valence-corrected chi connectivity index (χ2v) is 17.7. The maximum atomic E-state index is 18.1. The largest absolute Gasteiger partial charge is 0.497 e. The van der Waals surface area contributed by atoms with Gasteiger partial charge in [0, 0.05) is 36.9 Å². The summed E-state index contributed by atoms with van der Waals surface area (Å²) in [5.41, 5.74) is -1.79. The zero-order chi connectivity index (χ0) is 50.4. The van der Waals surface area contributed by atoms with Gasteiger partial charge in [0.15, 0.2) is 11.6 Å². The number of anilines is 3. The van der Waals surface area contributed by atoms with Gasteiger partial charge in [0.1, 0.15) is 47.7 Å². The Labute approximate surface area is 408 Å². The van der Waals surface area contributed by atoms with Gasteiger partial charge < -0.3 is 38.6 Å². The second-order valence-electron chi connectivity index (χ2n) is 17.4. The molecule has 15 nitrogen and oxygen atoms in total. The predicted octanol–water partition coefficient (Wildman–Crippen LogP) is 10.3. The number of rotatable bonds is 14.